The summed E-state index contributed by atoms with van der Waals surface area (Å²) in [6, 6.07) is 8.20. The number of amides is 1. The van der Waals surface area contributed by atoms with E-state index in [1.807, 2.05) is 17.0 Å². The fourth-order valence-corrected chi connectivity index (χ4v) is 2.77. The van der Waals surface area contributed by atoms with E-state index in [4.69, 9.17) is 4.74 Å². The van der Waals surface area contributed by atoms with Crippen LogP contribution in [0.15, 0.2) is 24.3 Å². The van der Waals surface area contributed by atoms with Gasteiger partial charge in [0.15, 0.2) is 0 Å². The molecule has 0 radical (unpaired) electrons. The molecule has 1 fully saturated rings. The van der Waals surface area contributed by atoms with Crippen molar-refractivity contribution in [1.82, 2.24) is 4.90 Å². The van der Waals surface area contributed by atoms with Crippen LogP contribution in [0.5, 0.6) is 0 Å². The number of piperidine rings is 1. The van der Waals surface area contributed by atoms with Gasteiger partial charge in [-0.15, -0.1) is 0 Å². The average molecular weight is 261 g/mol. The lowest BCUT2D eigenvalue weighted by atomic mass is 9.98. The molecule has 1 aromatic carbocycles. The molecular formula is C16H23NO2. The normalized spacial score (nSPS) is 19.5. The molecule has 0 N–H and O–H groups in total. The van der Waals surface area contributed by atoms with Gasteiger partial charge in [-0.3, -0.25) is 4.79 Å². The highest BCUT2D eigenvalue weighted by atomic mass is 16.5. The maximum Gasteiger partial charge on any atom is 0.227 e. The van der Waals surface area contributed by atoms with Gasteiger partial charge >= 0.3 is 0 Å². The molecule has 0 aromatic heterocycles. The predicted molar refractivity (Wildman–Crippen MR) is 76.1 cm³/mol. The number of benzene rings is 1. The summed E-state index contributed by atoms with van der Waals surface area (Å²) in [7, 11) is 1.73. The zero-order valence-corrected chi connectivity index (χ0v) is 11.9. The number of hydrogen-bond acceptors (Lipinski definition) is 2. The van der Waals surface area contributed by atoms with Crippen molar-refractivity contribution in [1.29, 1.82) is 0 Å². The molecule has 0 unspecified atom stereocenters. The molecule has 19 heavy (non-hydrogen) atoms. The Morgan fingerprint density at radius 2 is 2.32 bits per heavy atom. The van der Waals surface area contributed by atoms with Crippen LogP contribution in [-0.4, -0.2) is 37.6 Å². The number of likely N-dealkylation sites (tertiary alicyclic amines) is 1. The third-order valence-corrected chi connectivity index (χ3v) is 3.71. The van der Waals surface area contributed by atoms with Crippen molar-refractivity contribution < 1.29 is 9.53 Å². The van der Waals surface area contributed by atoms with Crippen LogP contribution >= 0.6 is 0 Å². The summed E-state index contributed by atoms with van der Waals surface area (Å²) in [6.45, 7) is 4.56. The second-order valence-electron chi connectivity index (χ2n) is 5.47. The van der Waals surface area contributed by atoms with E-state index in [2.05, 4.69) is 19.1 Å². The number of nitrogens with zero attached hydrogens (tertiary/aromatic N) is 1. The van der Waals surface area contributed by atoms with E-state index in [1.54, 1.807) is 7.11 Å². The summed E-state index contributed by atoms with van der Waals surface area (Å²) in [4.78, 5) is 14.3. The first-order valence-corrected chi connectivity index (χ1v) is 7.01. The van der Waals surface area contributed by atoms with E-state index in [-0.39, 0.29) is 5.91 Å². The summed E-state index contributed by atoms with van der Waals surface area (Å²) < 4.78 is 5.21. The van der Waals surface area contributed by atoms with Crippen molar-refractivity contribution in [3.8, 4) is 0 Å². The predicted octanol–water partition coefficient (Wildman–Crippen LogP) is 2.42. The second kappa shape index (κ2) is 6.71. The summed E-state index contributed by atoms with van der Waals surface area (Å²) in [5.74, 6) is 0.742. The minimum absolute atomic E-state index is 0.242. The third-order valence-electron chi connectivity index (χ3n) is 3.71. The Labute approximate surface area is 115 Å². The summed E-state index contributed by atoms with van der Waals surface area (Å²) >= 11 is 0. The lowest BCUT2D eigenvalue weighted by Gasteiger charge is -2.32. The topological polar surface area (TPSA) is 29.5 Å². The van der Waals surface area contributed by atoms with E-state index in [1.165, 1.54) is 12.0 Å². The van der Waals surface area contributed by atoms with Crippen LogP contribution in [0.2, 0.25) is 0 Å². The van der Waals surface area contributed by atoms with Gasteiger partial charge in [-0.25, -0.2) is 0 Å². The number of ether oxygens (including phenoxy) is 1. The van der Waals surface area contributed by atoms with Gasteiger partial charge in [0, 0.05) is 20.2 Å². The summed E-state index contributed by atoms with van der Waals surface area (Å²) in [5.41, 5.74) is 2.32. The molecule has 3 nitrogen and oxygen atoms in total. The first-order chi connectivity index (χ1) is 9.19. The molecule has 1 amide bonds. The summed E-state index contributed by atoms with van der Waals surface area (Å²) in [5, 5.41) is 0. The fraction of sp³-hybridized carbons (Fsp3) is 0.562. The van der Waals surface area contributed by atoms with E-state index in [0.29, 0.717) is 12.3 Å². The molecule has 1 aliphatic heterocycles. The molecule has 0 bridgehead atoms. The van der Waals surface area contributed by atoms with Crippen molar-refractivity contribution in [3.05, 3.63) is 35.4 Å². The number of carbonyl (C=O) groups is 1. The highest BCUT2D eigenvalue weighted by Crippen LogP contribution is 2.18. The van der Waals surface area contributed by atoms with Crippen molar-refractivity contribution >= 4 is 5.91 Å². The Bertz CT molecular complexity index is 429. The van der Waals surface area contributed by atoms with E-state index < -0.39 is 0 Å². The van der Waals surface area contributed by atoms with Crippen molar-refractivity contribution in [3.63, 3.8) is 0 Å². The zero-order chi connectivity index (χ0) is 13.7. The molecule has 0 aliphatic carbocycles. The van der Waals surface area contributed by atoms with Crippen LogP contribution in [0.3, 0.4) is 0 Å². The Morgan fingerprint density at radius 3 is 3.05 bits per heavy atom. The van der Waals surface area contributed by atoms with Gasteiger partial charge in [0.2, 0.25) is 5.91 Å². The monoisotopic (exact) mass is 261 g/mol. The second-order valence-corrected chi connectivity index (χ2v) is 5.47. The third kappa shape index (κ3) is 4.06. The van der Waals surface area contributed by atoms with Gasteiger partial charge < -0.3 is 9.64 Å². The Morgan fingerprint density at radius 1 is 1.47 bits per heavy atom. The molecule has 104 valence electrons. The Kier molecular flexibility index (Phi) is 4.97. The lowest BCUT2D eigenvalue weighted by Crippen LogP contribution is -2.41. The van der Waals surface area contributed by atoms with Gasteiger partial charge in [0.05, 0.1) is 13.0 Å². The van der Waals surface area contributed by atoms with Gasteiger partial charge in [-0.05, 0) is 31.2 Å². The average Bonchev–Trinajstić information content (AvgIpc) is 2.39. The van der Waals surface area contributed by atoms with Crippen molar-refractivity contribution in [2.24, 2.45) is 5.92 Å². The minimum atomic E-state index is 0.242. The molecule has 3 heteroatoms. The van der Waals surface area contributed by atoms with Gasteiger partial charge in [-0.2, -0.15) is 0 Å². The van der Waals surface area contributed by atoms with Crippen LogP contribution in [-0.2, 0) is 16.0 Å². The number of aryl methyl sites for hydroxylation is 1. The van der Waals surface area contributed by atoms with Gasteiger partial charge in [-0.1, -0.05) is 29.8 Å². The fourth-order valence-electron chi connectivity index (χ4n) is 2.77. The lowest BCUT2D eigenvalue weighted by molar-refractivity contribution is -0.132. The number of hydrogen-bond donors (Lipinski definition) is 0. The number of rotatable bonds is 4. The summed E-state index contributed by atoms with van der Waals surface area (Å²) in [6.07, 6.45) is 2.77. The van der Waals surface area contributed by atoms with Gasteiger partial charge in [0.1, 0.15) is 0 Å². The van der Waals surface area contributed by atoms with Crippen LogP contribution in [0.4, 0.5) is 0 Å². The Hall–Kier alpha value is -1.35. The molecule has 1 heterocycles. The molecule has 1 aliphatic rings. The maximum atomic E-state index is 12.3. The molecule has 1 atom stereocenters. The van der Waals surface area contributed by atoms with Crippen LogP contribution in [0, 0.1) is 12.8 Å². The van der Waals surface area contributed by atoms with Crippen molar-refractivity contribution in [2.45, 2.75) is 26.2 Å². The van der Waals surface area contributed by atoms with Crippen LogP contribution < -0.4 is 0 Å². The first kappa shape index (κ1) is 14.1. The smallest absolute Gasteiger partial charge is 0.227 e. The number of methoxy groups -OCH3 is 1. The number of carbonyl (C=O) groups excluding carboxylic acids is 1. The highest BCUT2D eigenvalue weighted by molar-refractivity contribution is 5.78. The van der Waals surface area contributed by atoms with E-state index in [9.17, 15) is 4.79 Å². The molecule has 0 saturated carbocycles. The molecule has 0 spiro atoms. The highest BCUT2D eigenvalue weighted by Gasteiger charge is 2.23. The maximum absolute atomic E-state index is 12.3. The molecule has 1 aromatic rings. The van der Waals surface area contributed by atoms with E-state index in [0.717, 1.165) is 31.7 Å². The van der Waals surface area contributed by atoms with E-state index >= 15 is 0 Å². The van der Waals surface area contributed by atoms with Crippen LogP contribution in [0.1, 0.15) is 24.0 Å². The molecular weight excluding hydrogens is 238 g/mol. The molecule has 2 rings (SSSR count). The quantitative estimate of drug-likeness (QED) is 0.833. The minimum Gasteiger partial charge on any atom is -0.384 e. The standard InChI is InChI=1S/C16H23NO2/c1-13-5-3-6-14(9-13)10-16(18)17-8-4-7-15(11-17)12-19-2/h3,5-6,9,15H,4,7-8,10-12H2,1-2H3/t15-/m0/s1. The largest absolute Gasteiger partial charge is 0.384 e. The van der Waals surface area contributed by atoms with Crippen LogP contribution in [0.25, 0.3) is 0 Å². The van der Waals surface area contributed by atoms with Gasteiger partial charge in [0.25, 0.3) is 0 Å². The Balaban J connectivity index is 1.92. The molecule has 1 saturated heterocycles. The zero-order valence-electron chi connectivity index (χ0n) is 11.9. The SMILES string of the molecule is COC[C@H]1CCCN(C(=O)Cc2cccc(C)c2)C1. The first-order valence-electron chi connectivity index (χ1n) is 7.01. The van der Waals surface area contributed by atoms with Crippen molar-refractivity contribution in [2.75, 3.05) is 26.8 Å².